The summed E-state index contributed by atoms with van der Waals surface area (Å²) in [5.41, 5.74) is 3.90. The van der Waals surface area contributed by atoms with Crippen LogP contribution in [-0.2, 0) is 16.1 Å². The molecule has 0 aliphatic heterocycles. The second kappa shape index (κ2) is 5.27. The van der Waals surface area contributed by atoms with Crippen LogP contribution in [0.25, 0.3) is 0 Å². The van der Waals surface area contributed by atoms with Crippen molar-refractivity contribution in [1.82, 2.24) is 10.3 Å². The molecule has 1 aromatic rings. The Labute approximate surface area is 94.2 Å². The number of aryl methyl sites for hydroxylation is 1. The highest BCUT2D eigenvalue weighted by atomic mass is 16.2. The average molecular weight is 221 g/mol. The van der Waals surface area contributed by atoms with Crippen LogP contribution in [0.3, 0.4) is 0 Å². The maximum absolute atomic E-state index is 11.4. The number of hydrogen-bond acceptors (Lipinski definition) is 3. The van der Waals surface area contributed by atoms with E-state index in [0.29, 0.717) is 6.54 Å². The van der Waals surface area contributed by atoms with Gasteiger partial charge in [-0.3, -0.25) is 15.0 Å². The van der Waals surface area contributed by atoms with E-state index in [1.165, 1.54) is 4.90 Å². The first-order valence-electron chi connectivity index (χ1n) is 4.86. The summed E-state index contributed by atoms with van der Waals surface area (Å²) in [6, 6.07) is 7.74. The van der Waals surface area contributed by atoms with Gasteiger partial charge in [-0.25, -0.2) is 5.84 Å². The normalized spacial score (nSPS) is 9.69. The number of likely N-dealkylation sites (N-methyl/N-ethyl adjacent to an activating group) is 1. The molecule has 0 aliphatic rings. The van der Waals surface area contributed by atoms with Crippen molar-refractivity contribution in [3.8, 4) is 0 Å². The molecule has 0 saturated carbocycles. The second-order valence-corrected chi connectivity index (χ2v) is 3.62. The summed E-state index contributed by atoms with van der Waals surface area (Å²) in [6.07, 6.45) is 0. The Morgan fingerprint density at radius 2 is 2.12 bits per heavy atom. The minimum Gasteiger partial charge on any atom is -0.333 e. The van der Waals surface area contributed by atoms with E-state index in [9.17, 15) is 9.59 Å². The summed E-state index contributed by atoms with van der Waals surface area (Å²) >= 11 is 0. The molecule has 86 valence electrons. The Bertz CT molecular complexity index is 404. The third-order valence-electron chi connectivity index (χ3n) is 2.17. The van der Waals surface area contributed by atoms with Gasteiger partial charge in [0.2, 0.25) is 0 Å². The second-order valence-electron chi connectivity index (χ2n) is 3.62. The van der Waals surface area contributed by atoms with Crippen LogP contribution >= 0.6 is 0 Å². The van der Waals surface area contributed by atoms with Crippen molar-refractivity contribution in [1.29, 1.82) is 0 Å². The Morgan fingerprint density at radius 1 is 1.44 bits per heavy atom. The topological polar surface area (TPSA) is 75.4 Å². The SMILES string of the molecule is Cc1cccc(CN(C)C(=O)C(=O)NN)c1. The van der Waals surface area contributed by atoms with Gasteiger partial charge in [-0.1, -0.05) is 29.8 Å². The molecule has 1 aromatic carbocycles. The molecular weight excluding hydrogens is 206 g/mol. The maximum atomic E-state index is 11.4. The molecule has 0 unspecified atom stereocenters. The van der Waals surface area contributed by atoms with Crippen LogP contribution in [-0.4, -0.2) is 23.8 Å². The molecule has 0 aliphatic carbocycles. The molecule has 16 heavy (non-hydrogen) atoms. The number of hydrogen-bond donors (Lipinski definition) is 2. The standard InChI is InChI=1S/C11H15N3O2/c1-8-4-3-5-9(6-8)7-14(2)11(16)10(15)13-12/h3-6H,7,12H2,1-2H3,(H,13,15). The molecule has 5 nitrogen and oxygen atoms in total. The third kappa shape index (κ3) is 3.06. The molecule has 0 fully saturated rings. The van der Waals surface area contributed by atoms with E-state index < -0.39 is 11.8 Å². The summed E-state index contributed by atoms with van der Waals surface area (Å²) in [6.45, 7) is 2.35. The van der Waals surface area contributed by atoms with Gasteiger partial charge in [0.05, 0.1) is 0 Å². The number of hydrazine groups is 1. The van der Waals surface area contributed by atoms with Gasteiger partial charge in [0, 0.05) is 13.6 Å². The predicted octanol–water partition coefficient (Wildman–Crippen LogP) is -0.0567. The molecule has 0 heterocycles. The van der Waals surface area contributed by atoms with E-state index in [-0.39, 0.29) is 0 Å². The average Bonchev–Trinajstić information content (AvgIpc) is 2.27. The number of nitrogens with two attached hydrogens (primary N) is 1. The lowest BCUT2D eigenvalue weighted by molar-refractivity contribution is -0.145. The van der Waals surface area contributed by atoms with E-state index in [4.69, 9.17) is 5.84 Å². The molecule has 0 aromatic heterocycles. The van der Waals surface area contributed by atoms with Gasteiger partial charge >= 0.3 is 11.8 Å². The first-order valence-corrected chi connectivity index (χ1v) is 4.86. The first-order chi connectivity index (χ1) is 7.54. The maximum Gasteiger partial charge on any atom is 0.323 e. The molecule has 0 saturated heterocycles. The van der Waals surface area contributed by atoms with Gasteiger partial charge in [0.25, 0.3) is 0 Å². The van der Waals surface area contributed by atoms with Crippen LogP contribution < -0.4 is 11.3 Å². The number of carbonyl (C=O) groups is 2. The highest BCUT2D eigenvalue weighted by molar-refractivity contribution is 6.34. The number of carbonyl (C=O) groups excluding carboxylic acids is 2. The quantitative estimate of drug-likeness (QED) is 0.318. The number of amides is 2. The van der Waals surface area contributed by atoms with Crippen molar-refractivity contribution < 1.29 is 9.59 Å². The van der Waals surface area contributed by atoms with Crippen LogP contribution in [0, 0.1) is 6.92 Å². The van der Waals surface area contributed by atoms with Crippen molar-refractivity contribution >= 4 is 11.8 Å². The van der Waals surface area contributed by atoms with E-state index in [1.54, 1.807) is 7.05 Å². The monoisotopic (exact) mass is 221 g/mol. The van der Waals surface area contributed by atoms with Crippen LogP contribution in [0.1, 0.15) is 11.1 Å². The molecule has 1 rings (SSSR count). The summed E-state index contributed by atoms with van der Waals surface area (Å²) in [5.74, 6) is 3.42. The number of rotatable bonds is 2. The zero-order valence-electron chi connectivity index (χ0n) is 9.36. The van der Waals surface area contributed by atoms with Crippen LogP contribution in [0.15, 0.2) is 24.3 Å². The van der Waals surface area contributed by atoms with E-state index in [0.717, 1.165) is 11.1 Å². The summed E-state index contributed by atoms with van der Waals surface area (Å²) in [5, 5.41) is 0. The predicted molar refractivity (Wildman–Crippen MR) is 60.0 cm³/mol. The molecule has 0 atom stereocenters. The fourth-order valence-electron chi connectivity index (χ4n) is 1.39. The zero-order valence-corrected chi connectivity index (χ0v) is 9.36. The lowest BCUT2D eigenvalue weighted by atomic mass is 10.1. The lowest BCUT2D eigenvalue weighted by Gasteiger charge is -2.16. The Morgan fingerprint density at radius 3 is 2.69 bits per heavy atom. The van der Waals surface area contributed by atoms with Crippen molar-refractivity contribution in [3.63, 3.8) is 0 Å². The van der Waals surface area contributed by atoms with Gasteiger partial charge in [-0.2, -0.15) is 0 Å². The molecule has 5 heteroatoms. The molecule has 2 amide bonds. The van der Waals surface area contributed by atoms with Crippen LogP contribution in [0.4, 0.5) is 0 Å². The Kier molecular flexibility index (Phi) is 4.02. The Balaban J connectivity index is 2.67. The van der Waals surface area contributed by atoms with E-state index in [1.807, 2.05) is 36.6 Å². The summed E-state index contributed by atoms with van der Waals surface area (Å²) in [4.78, 5) is 23.7. The van der Waals surface area contributed by atoms with Gasteiger partial charge in [0.1, 0.15) is 0 Å². The van der Waals surface area contributed by atoms with Crippen molar-refractivity contribution in [2.45, 2.75) is 13.5 Å². The van der Waals surface area contributed by atoms with Gasteiger partial charge in [0.15, 0.2) is 0 Å². The van der Waals surface area contributed by atoms with Gasteiger partial charge in [-0.15, -0.1) is 0 Å². The molecular formula is C11H15N3O2. The fourth-order valence-corrected chi connectivity index (χ4v) is 1.39. The highest BCUT2D eigenvalue weighted by Gasteiger charge is 2.17. The smallest absolute Gasteiger partial charge is 0.323 e. The van der Waals surface area contributed by atoms with E-state index in [2.05, 4.69) is 0 Å². The highest BCUT2D eigenvalue weighted by Crippen LogP contribution is 2.06. The van der Waals surface area contributed by atoms with Crippen molar-refractivity contribution in [2.75, 3.05) is 7.05 Å². The zero-order chi connectivity index (χ0) is 12.1. The van der Waals surface area contributed by atoms with Crippen molar-refractivity contribution in [2.24, 2.45) is 5.84 Å². The first kappa shape index (κ1) is 12.2. The van der Waals surface area contributed by atoms with Crippen LogP contribution in [0.5, 0.6) is 0 Å². The van der Waals surface area contributed by atoms with Crippen molar-refractivity contribution in [3.05, 3.63) is 35.4 Å². The number of nitrogens with one attached hydrogen (secondary N) is 1. The number of benzene rings is 1. The molecule has 0 bridgehead atoms. The molecule has 0 spiro atoms. The third-order valence-corrected chi connectivity index (χ3v) is 2.17. The lowest BCUT2D eigenvalue weighted by Crippen LogP contribution is -2.43. The summed E-state index contributed by atoms with van der Waals surface area (Å²) in [7, 11) is 1.56. The van der Waals surface area contributed by atoms with Gasteiger partial charge in [-0.05, 0) is 12.5 Å². The van der Waals surface area contributed by atoms with Crippen LogP contribution in [0.2, 0.25) is 0 Å². The van der Waals surface area contributed by atoms with Gasteiger partial charge < -0.3 is 4.90 Å². The summed E-state index contributed by atoms with van der Waals surface area (Å²) < 4.78 is 0. The number of nitrogens with zero attached hydrogens (tertiary/aromatic N) is 1. The molecule has 0 radical (unpaired) electrons. The van der Waals surface area contributed by atoms with E-state index >= 15 is 0 Å². The fraction of sp³-hybridized carbons (Fsp3) is 0.273. The largest absolute Gasteiger partial charge is 0.333 e. The minimum absolute atomic E-state index is 0.383. The Hall–Kier alpha value is -1.88. The minimum atomic E-state index is -0.810. The molecule has 3 N–H and O–H groups in total.